The van der Waals surface area contributed by atoms with Gasteiger partial charge in [-0.3, -0.25) is 11.3 Å². The van der Waals surface area contributed by atoms with Gasteiger partial charge in [-0.1, -0.05) is 31.9 Å². The first kappa shape index (κ1) is 13.5. The van der Waals surface area contributed by atoms with E-state index >= 15 is 0 Å². The van der Waals surface area contributed by atoms with Crippen LogP contribution in [0.5, 0.6) is 0 Å². The van der Waals surface area contributed by atoms with Crippen LogP contribution in [-0.2, 0) is 4.74 Å². The van der Waals surface area contributed by atoms with E-state index in [9.17, 15) is 0 Å². The molecule has 1 heterocycles. The number of nitrogens with one attached hydrogen (secondary N) is 1. The summed E-state index contributed by atoms with van der Waals surface area (Å²) < 4.78 is 7.64. The minimum Gasteiger partial charge on any atom is -0.381 e. The Kier molecular flexibility index (Phi) is 4.99. The Hall–Kier alpha value is 0.0600. The van der Waals surface area contributed by atoms with Crippen molar-refractivity contribution < 1.29 is 4.74 Å². The number of ether oxygens (including phenoxy) is 1. The Morgan fingerprint density at radius 1 is 1.29 bits per heavy atom. The standard InChI is InChI=1S/C12H16Br2N2O/c13-10-4-9(5-11(14)6-10)12(16-15)8-2-1-3-17-7-8/h4-6,8,12,16H,1-3,7,15H2. The summed E-state index contributed by atoms with van der Waals surface area (Å²) >= 11 is 7.01. The molecular formula is C12H16Br2N2O. The first-order valence-electron chi connectivity index (χ1n) is 5.70. The van der Waals surface area contributed by atoms with Gasteiger partial charge in [0.15, 0.2) is 0 Å². The molecule has 1 fully saturated rings. The third kappa shape index (κ3) is 3.51. The van der Waals surface area contributed by atoms with Crippen LogP contribution in [0.25, 0.3) is 0 Å². The van der Waals surface area contributed by atoms with Crippen LogP contribution in [0.1, 0.15) is 24.4 Å². The van der Waals surface area contributed by atoms with Crippen LogP contribution < -0.4 is 11.3 Å². The Bertz CT molecular complexity index is 361. The molecule has 2 rings (SSSR count). The topological polar surface area (TPSA) is 47.3 Å². The number of benzene rings is 1. The Balaban J connectivity index is 2.21. The van der Waals surface area contributed by atoms with Gasteiger partial charge >= 0.3 is 0 Å². The summed E-state index contributed by atoms with van der Waals surface area (Å²) in [6.07, 6.45) is 2.26. The second-order valence-electron chi connectivity index (χ2n) is 4.32. The Labute approximate surface area is 118 Å². The van der Waals surface area contributed by atoms with Crippen LogP contribution in [0, 0.1) is 5.92 Å². The van der Waals surface area contributed by atoms with E-state index in [0.717, 1.165) is 35.0 Å². The number of nitrogens with two attached hydrogens (primary N) is 1. The van der Waals surface area contributed by atoms with E-state index in [0.29, 0.717) is 5.92 Å². The van der Waals surface area contributed by atoms with Crippen LogP contribution >= 0.6 is 31.9 Å². The molecule has 2 atom stereocenters. The smallest absolute Gasteiger partial charge is 0.0513 e. The number of halogens is 2. The number of hydrogen-bond acceptors (Lipinski definition) is 3. The monoisotopic (exact) mass is 362 g/mol. The van der Waals surface area contributed by atoms with Crippen molar-refractivity contribution in [1.29, 1.82) is 0 Å². The van der Waals surface area contributed by atoms with Crippen molar-refractivity contribution in [1.82, 2.24) is 5.43 Å². The molecule has 1 aliphatic heterocycles. The van der Waals surface area contributed by atoms with Gasteiger partial charge in [0.05, 0.1) is 12.6 Å². The summed E-state index contributed by atoms with van der Waals surface area (Å²) in [6.45, 7) is 1.65. The molecule has 1 aromatic carbocycles. The van der Waals surface area contributed by atoms with Crippen molar-refractivity contribution in [3.05, 3.63) is 32.7 Å². The molecule has 94 valence electrons. The first-order valence-corrected chi connectivity index (χ1v) is 7.29. The van der Waals surface area contributed by atoms with Gasteiger partial charge in [-0.15, -0.1) is 0 Å². The van der Waals surface area contributed by atoms with Gasteiger partial charge < -0.3 is 4.74 Å². The molecule has 2 unspecified atom stereocenters. The summed E-state index contributed by atoms with van der Waals surface area (Å²) in [6, 6.07) is 6.37. The summed E-state index contributed by atoms with van der Waals surface area (Å²) in [4.78, 5) is 0. The Morgan fingerprint density at radius 2 is 2.00 bits per heavy atom. The van der Waals surface area contributed by atoms with Gasteiger partial charge in [-0.2, -0.15) is 0 Å². The zero-order valence-corrected chi connectivity index (χ0v) is 12.6. The number of hydrazine groups is 1. The SMILES string of the molecule is NNC(c1cc(Br)cc(Br)c1)C1CCCOC1. The normalized spacial score (nSPS) is 22.4. The maximum absolute atomic E-state index is 5.70. The van der Waals surface area contributed by atoms with Crippen molar-refractivity contribution in [3.8, 4) is 0 Å². The fraction of sp³-hybridized carbons (Fsp3) is 0.500. The molecule has 1 aromatic rings. The molecule has 17 heavy (non-hydrogen) atoms. The highest BCUT2D eigenvalue weighted by Gasteiger charge is 2.25. The summed E-state index contributed by atoms with van der Waals surface area (Å²) in [5.74, 6) is 6.14. The highest BCUT2D eigenvalue weighted by molar-refractivity contribution is 9.11. The van der Waals surface area contributed by atoms with Crippen molar-refractivity contribution in [2.45, 2.75) is 18.9 Å². The third-order valence-electron chi connectivity index (χ3n) is 3.09. The maximum Gasteiger partial charge on any atom is 0.0513 e. The van der Waals surface area contributed by atoms with E-state index in [2.05, 4.69) is 49.4 Å². The van der Waals surface area contributed by atoms with Crippen LogP contribution in [-0.4, -0.2) is 13.2 Å². The molecule has 0 bridgehead atoms. The lowest BCUT2D eigenvalue weighted by Crippen LogP contribution is -2.37. The van der Waals surface area contributed by atoms with E-state index in [4.69, 9.17) is 10.6 Å². The van der Waals surface area contributed by atoms with Crippen molar-refractivity contribution in [2.24, 2.45) is 11.8 Å². The minimum absolute atomic E-state index is 0.143. The first-order chi connectivity index (χ1) is 8.20. The zero-order valence-electron chi connectivity index (χ0n) is 9.46. The molecule has 0 radical (unpaired) electrons. The summed E-state index contributed by atoms with van der Waals surface area (Å²) in [7, 11) is 0. The predicted molar refractivity (Wildman–Crippen MR) is 75.4 cm³/mol. The lowest BCUT2D eigenvalue weighted by molar-refractivity contribution is 0.0390. The molecule has 1 saturated heterocycles. The molecule has 0 aromatic heterocycles. The van der Waals surface area contributed by atoms with Gasteiger partial charge in [0.2, 0.25) is 0 Å². The molecule has 5 heteroatoms. The molecule has 0 saturated carbocycles. The van der Waals surface area contributed by atoms with E-state index in [1.54, 1.807) is 0 Å². The molecule has 0 spiro atoms. The van der Waals surface area contributed by atoms with Crippen LogP contribution in [0.15, 0.2) is 27.1 Å². The quantitative estimate of drug-likeness (QED) is 0.640. The Morgan fingerprint density at radius 3 is 2.53 bits per heavy atom. The fourth-order valence-corrected chi connectivity index (χ4v) is 3.62. The largest absolute Gasteiger partial charge is 0.381 e. The molecular weight excluding hydrogens is 348 g/mol. The highest BCUT2D eigenvalue weighted by Crippen LogP contribution is 2.31. The van der Waals surface area contributed by atoms with Gasteiger partial charge in [0.25, 0.3) is 0 Å². The van der Waals surface area contributed by atoms with E-state index in [1.165, 1.54) is 5.56 Å². The van der Waals surface area contributed by atoms with Crippen molar-refractivity contribution in [2.75, 3.05) is 13.2 Å². The van der Waals surface area contributed by atoms with Crippen LogP contribution in [0.4, 0.5) is 0 Å². The average Bonchev–Trinajstić information content (AvgIpc) is 2.30. The van der Waals surface area contributed by atoms with Crippen LogP contribution in [0.2, 0.25) is 0 Å². The highest BCUT2D eigenvalue weighted by atomic mass is 79.9. The van der Waals surface area contributed by atoms with E-state index in [-0.39, 0.29) is 6.04 Å². The third-order valence-corrected chi connectivity index (χ3v) is 4.01. The summed E-state index contributed by atoms with van der Waals surface area (Å²) in [5.41, 5.74) is 4.11. The molecule has 0 aliphatic carbocycles. The molecule has 3 nitrogen and oxygen atoms in total. The summed E-state index contributed by atoms with van der Waals surface area (Å²) in [5, 5.41) is 0. The lowest BCUT2D eigenvalue weighted by Gasteiger charge is -2.30. The van der Waals surface area contributed by atoms with Gasteiger partial charge in [-0.25, -0.2) is 0 Å². The van der Waals surface area contributed by atoms with E-state index in [1.807, 2.05) is 6.07 Å². The second-order valence-corrected chi connectivity index (χ2v) is 6.16. The van der Waals surface area contributed by atoms with E-state index < -0.39 is 0 Å². The minimum atomic E-state index is 0.143. The molecule has 1 aliphatic rings. The van der Waals surface area contributed by atoms with Crippen molar-refractivity contribution >= 4 is 31.9 Å². The molecule has 3 N–H and O–H groups in total. The molecule has 0 amide bonds. The van der Waals surface area contributed by atoms with Gasteiger partial charge in [0, 0.05) is 21.5 Å². The lowest BCUT2D eigenvalue weighted by atomic mass is 9.89. The van der Waals surface area contributed by atoms with Gasteiger partial charge in [-0.05, 0) is 36.6 Å². The average molecular weight is 364 g/mol. The second kappa shape index (κ2) is 6.29. The zero-order chi connectivity index (χ0) is 12.3. The predicted octanol–water partition coefficient (Wildman–Crippen LogP) is 3.14. The number of hydrogen-bond donors (Lipinski definition) is 2. The maximum atomic E-state index is 5.70. The fourth-order valence-electron chi connectivity index (χ4n) is 2.29. The van der Waals surface area contributed by atoms with Crippen molar-refractivity contribution in [3.63, 3.8) is 0 Å². The van der Waals surface area contributed by atoms with Gasteiger partial charge in [0.1, 0.15) is 0 Å². The number of rotatable bonds is 3. The van der Waals surface area contributed by atoms with Crippen LogP contribution in [0.3, 0.4) is 0 Å².